The molecule has 1 unspecified atom stereocenters. The van der Waals surface area contributed by atoms with E-state index in [2.05, 4.69) is 17.1 Å². The van der Waals surface area contributed by atoms with E-state index in [1.54, 1.807) is 6.07 Å². The van der Waals surface area contributed by atoms with Crippen LogP contribution in [0.25, 0.3) is 0 Å². The molecule has 2 rings (SSSR count). The summed E-state index contributed by atoms with van der Waals surface area (Å²) in [5.41, 5.74) is 1.60. The van der Waals surface area contributed by atoms with E-state index in [4.69, 9.17) is 4.74 Å². The fourth-order valence-corrected chi connectivity index (χ4v) is 2.71. The lowest BCUT2D eigenvalue weighted by Gasteiger charge is -2.19. The van der Waals surface area contributed by atoms with Gasteiger partial charge < -0.3 is 15.0 Å². The van der Waals surface area contributed by atoms with Crippen molar-refractivity contribution in [3.63, 3.8) is 0 Å². The molecule has 0 radical (unpaired) electrons. The molecule has 4 nitrogen and oxygen atoms in total. The molecule has 1 atom stereocenters. The van der Waals surface area contributed by atoms with E-state index in [0.29, 0.717) is 11.6 Å². The van der Waals surface area contributed by atoms with Gasteiger partial charge in [0.05, 0.1) is 12.7 Å². The van der Waals surface area contributed by atoms with E-state index in [1.807, 2.05) is 18.2 Å². The normalized spacial score (nSPS) is 20.2. The number of nitrogens with one attached hydrogen (secondary N) is 1. The zero-order valence-electron chi connectivity index (χ0n) is 12.4. The SMILES string of the molecule is CCN1CCCC(Nc2cccc(C(=O)OC)c2)CC1. The van der Waals surface area contributed by atoms with Crippen LogP contribution in [0.2, 0.25) is 0 Å². The van der Waals surface area contributed by atoms with Crippen molar-refractivity contribution in [2.24, 2.45) is 0 Å². The molecule has 1 aliphatic heterocycles. The minimum absolute atomic E-state index is 0.285. The lowest BCUT2D eigenvalue weighted by molar-refractivity contribution is 0.0601. The fourth-order valence-electron chi connectivity index (χ4n) is 2.71. The Bertz CT molecular complexity index is 448. The van der Waals surface area contributed by atoms with E-state index >= 15 is 0 Å². The summed E-state index contributed by atoms with van der Waals surface area (Å²) in [5.74, 6) is -0.285. The minimum atomic E-state index is -0.285. The molecule has 1 heterocycles. The molecule has 1 aromatic carbocycles. The number of hydrogen-bond donors (Lipinski definition) is 1. The number of nitrogens with zero attached hydrogens (tertiary/aromatic N) is 1. The van der Waals surface area contributed by atoms with Gasteiger partial charge in [0, 0.05) is 18.3 Å². The van der Waals surface area contributed by atoms with Crippen LogP contribution in [-0.4, -0.2) is 43.7 Å². The molecule has 1 saturated heterocycles. The Labute approximate surface area is 121 Å². The Morgan fingerprint density at radius 2 is 2.25 bits per heavy atom. The molecule has 1 aromatic rings. The fraction of sp³-hybridized carbons (Fsp3) is 0.562. The molecule has 20 heavy (non-hydrogen) atoms. The molecule has 0 saturated carbocycles. The van der Waals surface area contributed by atoms with Crippen LogP contribution in [0.15, 0.2) is 24.3 Å². The first-order chi connectivity index (χ1) is 9.72. The molecular formula is C16H24N2O2. The average Bonchev–Trinajstić information content (AvgIpc) is 2.72. The van der Waals surface area contributed by atoms with Crippen molar-refractivity contribution in [2.45, 2.75) is 32.2 Å². The molecule has 1 N–H and O–H groups in total. The Morgan fingerprint density at radius 1 is 1.40 bits per heavy atom. The summed E-state index contributed by atoms with van der Waals surface area (Å²) < 4.78 is 4.76. The summed E-state index contributed by atoms with van der Waals surface area (Å²) in [7, 11) is 1.41. The highest BCUT2D eigenvalue weighted by molar-refractivity contribution is 5.90. The van der Waals surface area contributed by atoms with Gasteiger partial charge >= 0.3 is 5.97 Å². The number of benzene rings is 1. The van der Waals surface area contributed by atoms with E-state index in [-0.39, 0.29) is 5.97 Å². The van der Waals surface area contributed by atoms with Gasteiger partial charge in [0.2, 0.25) is 0 Å². The first kappa shape index (κ1) is 14.9. The van der Waals surface area contributed by atoms with E-state index in [1.165, 1.54) is 26.5 Å². The number of carbonyl (C=O) groups excluding carboxylic acids is 1. The summed E-state index contributed by atoms with van der Waals surface area (Å²) in [6.45, 7) is 5.68. The van der Waals surface area contributed by atoms with Crippen LogP contribution in [0.5, 0.6) is 0 Å². The first-order valence-electron chi connectivity index (χ1n) is 7.40. The quantitative estimate of drug-likeness (QED) is 0.859. The van der Waals surface area contributed by atoms with Crippen LogP contribution in [0, 0.1) is 0 Å². The van der Waals surface area contributed by atoms with Crippen LogP contribution in [0.3, 0.4) is 0 Å². The number of likely N-dealkylation sites (tertiary alicyclic amines) is 1. The maximum absolute atomic E-state index is 11.5. The summed E-state index contributed by atoms with van der Waals surface area (Å²) in [6.07, 6.45) is 3.55. The predicted octanol–water partition coefficient (Wildman–Crippen LogP) is 2.76. The smallest absolute Gasteiger partial charge is 0.337 e. The standard InChI is InChI=1S/C16H24N2O2/c1-3-18-10-5-8-14(9-11-18)17-15-7-4-6-13(12-15)16(19)20-2/h4,6-7,12,14,17H,3,5,8-11H2,1-2H3. The molecule has 1 aliphatic rings. The molecule has 1 fully saturated rings. The van der Waals surface area contributed by atoms with Gasteiger partial charge in [0.15, 0.2) is 0 Å². The molecule has 0 bridgehead atoms. The highest BCUT2D eigenvalue weighted by Crippen LogP contribution is 2.18. The number of ether oxygens (including phenoxy) is 1. The Balaban J connectivity index is 1.97. The zero-order valence-corrected chi connectivity index (χ0v) is 12.4. The van der Waals surface area contributed by atoms with Crippen LogP contribution >= 0.6 is 0 Å². The average molecular weight is 276 g/mol. The summed E-state index contributed by atoms with van der Waals surface area (Å²) >= 11 is 0. The van der Waals surface area contributed by atoms with Gasteiger partial charge in [0.25, 0.3) is 0 Å². The van der Waals surface area contributed by atoms with Crippen LogP contribution in [0.1, 0.15) is 36.5 Å². The van der Waals surface area contributed by atoms with Crippen molar-refractivity contribution in [3.8, 4) is 0 Å². The van der Waals surface area contributed by atoms with Gasteiger partial charge in [-0.05, 0) is 50.6 Å². The van der Waals surface area contributed by atoms with Crippen molar-refractivity contribution in [1.29, 1.82) is 0 Å². The molecule has 110 valence electrons. The summed E-state index contributed by atoms with van der Waals surface area (Å²) in [4.78, 5) is 14.0. The third-order valence-corrected chi connectivity index (χ3v) is 3.92. The second-order valence-corrected chi connectivity index (χ2v) is 5.28. The van der Waals surface area contributed by atoms with Crippen molar-refractivity contribution in [1.82, 2.24) is 4.90 Å². The van der Waals surface area contributed by atoms with Gasteiger partial charge in [-0.3, -0.25) is 0 Å². The second-order valence-electron chi connectivity index (χ2n) is 5.28. The van der Waals surface area contributed by atoms with Crippen molar-refractivity contribution < 1.29 is 9.53 Å². The largest absolute Gasteiger partial charge is 0.465 e. The minimum Gasteiger partial charge on any atom is -0.465 e. The number of rotatable bonds is 4. The van der Waals surface area contributed by atoms with Crippen LogP contribution < -0.4 is 5.32 Å². The predicted molar refractivity (Wildman–Crippen MR) is 81.2 cm³/mol. The van der Waals surface area contributed by atoms with Gasteiger partial charge in [-0.2, -0.15) is 0 Å². The van der Waals surface area contributed by atoms with Gasteiger partial charge in [0.1, 0.15) is 0 Å². The van der Waals surface area contributed by atoms with Gasteiger partial charge in [-0.15, -0.1) is 0 Å². The molecule has 0 spiro atoms. The first-order valence-corrected chi connectivity index (χ1v) is 7.40. The highest BCUT2D eigenvalue weighted by Gasteiger charge is 2.16. The Kier molecular flexibility index (Phi) is 5.41. The molecule has 0 aliphatic carbocycles. The number of hydrogen-bond acceptors (Lipinski definition) is 4. The number of esters is 1. The van der Waals surface area contributed by atoms with Crippen LogP contribution in [-0.2, 0) is 4.74 Å². The molecule has 4 heteroatoms. The lowest BCUT2D eigenvalue weighted by Crippen LogP contribution is -2.26. The van der Waals surface area contributed by atoms with E-state index < -0.39 is 0 Å². The van der Waals surface area contributed by atoms with Crippen molar-refractivity contribution >= 4 is 11.7 Å². The highest BCUT2D eigenvalue weighted by atomic mass is 16.5. The van der Waals surface area contributed by atoms with Gasteiger partial charge in [-0.1, -0.05) is 13.0 Å². The van der Waals surface area contributed by atoms with Gasteiger partial charge in [-0.25, -0.2) is 4.79 Å². The van der Waals surface area contributed by atoms with E-state index in [0.717, 1.165) is 25.2 Å². The second kappa shape index (κ2) is 7.29. The van der Waals surface area contributed by atoms with E-state index in [9.17, 15) is 4.79 Å². The molecular weight excluding hydrogens is 252 g/mol. The third-order valence-electron chi connectivity index (χ3n) is 3.92. The summed E-state index contributed by atoms with van der Waals surface area (Å²) in [6, 6.07) is 8.04. The topological polar surface area (TPSA) is 41.6 Å². The van der Waals surface area contributed by atoms with Crippen molar-refractivity contribution in [2.75, 3.05) is 32.1 Å². The Morgan fingerprint density at radius 3 is 3.00 bits per heavy atom. The molecule has 0 aromatic heterocycles. The monoisotopic (exact) mass is 276 g/mol. The lowest BCUT2D eigenvalue weighted by atomic mass is 10.1. The third kappa shape index (κ3) is 3.97. The van der Waals surface area contributed by atoms with Crippen LogP contribution in [0.4, 0.5) is 5.69 Å². The summed E-state index contributed by atoms with van der Waals surface area (Å²) in [5, 5.41) is 3.55. The number of methoxy groups -OCH3 is 1. The maximum Gasteiger partial charge on any atom is 0.337 e. The molecule has 0 amide bonds. The number of anilines is 1. The Hall–Kier alpha value is -1.55. The number of carbonyl (C=O) groups is 1. The zero-order chi connectivity index (χ0) is 14.4. The van der Waals surface area contributed by atoms with Crippen molar-refractivity contribution in [3.05, 3.63) is 29.8 Å². The maximum atomic E-state index is 11.5.